The number of hydrogen-bond donors (Lipinski definition) is 1. The molecule has 2 N–H and O–H groups in total. The van der Waals surface area contributed by atoms with Crippen LogP contribution in [-0.2, 0) is 0 Å². The largest absolute Gasteiger partial charge is 0.397 e. The van der Waals surface area contributed by atoms with E-state index in [2.05, 4.69) is 20.3 Å². The molecule has 0 atom stereocenters. The minimum atomic E-state index is 0.601. The van der Waals surface area contributed by atoms with E-state index in [9.17, 15) is 0 Å². The summed E-state index contributed by atoms with van der Waals surface area (Å²) in [7, 11) is 0. The first kappa shape index (κ1) is 12.0. The van der Waals surface area contributed by atoms with Gasteiger partial charge in [0.25, 0.3) is 0 Å². The molecule has 4 rings (SSSR count). The molecule has 0 saturated heterocycles. The topological polar surface area (TPSA) is 82.0 Å². The Balaban J connectivity index is 1.89. The van der Waals surface area contributed by atoms with Gasteiger partial charge in [-0.3, -0.25) is 4.98 Å². The van der Waals surface area contributed by atoms with Gasteiger partial charge in [-0.15, -0.1) is 10.2 Å². The van der Waals surface area contributed by atoms with Gasteiger partial charge in [0, 0.05) is 11.8 Å². The summed E-state index contributed by atoms with van der Waals surface area (Å²) < 4.78 is 1.73. The van der Waals surface area contributed by atoms with Crippen LogP contribution in [0, 0.1) is 0 Å². The van der Waals surface area contributed by atoms with Crippen LogP contribution in [0.15, 0.2) is 48.7 Å². The molecule has 0 fully saturated rings. The summed E-state index contributed by atoms with van der Waals surface area (Å²) in [6.45, 7) is 0. The van der Waals surface area contributed by atoms with Gasteiger partial charge in [0.15, 0.2) is 10.8 Å². The van der Waals surface area contributed by atoms with Crippen LogP contribution in [0.25, 0.3) is 27.1 Å². The number of pyridine rings is 1. The normalized spacial score (nSPS) is 11.0. The number of anilines is 1. The molecule has 6 nitrogen and oxygen atoms in total. The summed E-state index contributed by atoms with van der Waals surface area (Å²) in [4.78, 5) is 5.00. The van der Waals surface area contributed by atoms with Crippen molar-refractivity contribution < 1.29 is 0 Å². The summed E-state index contributed by atoms with van der Waals surface area (Å²) in [6.07, 6.45) is 1.70. The van der Waals surface area contributed by atoms with E-state index in [0.717, 1.165) is 10.6 Å². The summed E-state index contributed by atoms with van der Waals surface area (Å²) in [5, 5.41) is 13.6. The Bertz CT molecular complexity index is 912. The number of nitrogens with zero attached hydrogens (tertiary/aromatic N) is 5. The monoisotopic (exact) mass is 294 g/mol. The molecule has 21 heavy (non-hydrogen) atoms. The molecule has 3 aromatic heterocycles. The van der Waals surface area contributed by atoms with Crippen LogP contribution in [0.4, 0.5) is 5.69 Å². The Hall–Kier alpha value is -2.80. The molecule has 0 amide bonds. The van der Waals surface area contributed by atoms with Crippen molar-refractivity contribution in [2.24, 2.45) is 0 Å². The number of fused-ring (bicyclic) bond motifs is 1. The Morgan fingerprint density at radius 3 is 2.67 bits per heavy atom. The lowest BCUT2D eigenvalue weighted by Crippen LogP contribution is -1.94. The first-order valence-corrected chi connectivity index (χ1v) is 7.13. The second-order valence-electron chi connectivity index (χ2n) is 4.43. The molecule has 3 heterocycles. The van der Waals surface area contributed by atoms with Crippen molar-refractivity contribution in [1.29, 1.82) is 0 Å². The number of benzene rings is 1. The van der Waals surface area contributed by atoms with Gasteiger partial charge in [0.2, 0.25) is 4.96 Å². The van der Waals surface area contributed by atoms with Gasteiger partial charge < -0.3 is 5.73 Å². The third-order valence-corrected chi connectivity index (χ3v) is 3.97. The molecule has 0 bridgehead atoms. The minimum Gasteiger partial charge on any atom is -0.397 e. The molecule has 0 spiro atoms. The highest BCUT2D eigenvalue weighted by atomic mass is 32.1. The van der Waals surface area contributed by atoms with E-state index in [1.54, 1.807) is 16.8 Å². The van der Waals surface area contributed by atoms with Gasteiger partial charge in [-0.1, -0.05) is 41.7 Å². The Morgan fingerprint density at radius 2 is 1.86 bits per heavy atom. The predicted octanol–water partition coefficient (Wildman–Crippen LogP) is 2.50. The molecule has 0 aliphatic carbocycles. The zero-order valence-electron chi connectivity index (χ0n) is 10.8. The van der Waals surface area contributed by atoms with E-state index in [-0.39, 0.29) is 0 Å². The number of hydrogen-bond acceptors (Lipinski definition) is 6. The number of nitrogens with two attached hydrogens (primary N) is 1. The van der Waals surface area contributed by atoms with Crippen LogP contribution >= 0.6 is 11.3 Å². The van der Waals surface area contributed by atoms with Crippen LogP contribution in [0.1, 0.15) is 0 Å². The van der Waals surface area contributed by atoms with Crippen LogP contribution in [0.3, 0.4) is 0 Å². The standard InChI is InChI=1S/C14H10N6S/c15-10-7-4-8-16-11(10)13-19-20-12(17-18-14(20)21-13)9-5-2-1-3-6-9/h1-8H,15H2. The molecule has 102 valence electrons. The Kier molecular flexibility index (Phi) is 2.65. The fourth-order valence-corrected chi connectivity index (χ4v) is 2.93. The van der Waals surface area contributed by atoms with Gasteiger partial charge in [0.05, 0.1) is 5.69 Å². The van der Waals surface area contributed by atoms with E-state index in [0.29, 0.717) is 22.2 Å². The van der Waals surface area contributed by atoms with Crippen molar-refractivity contribution in [2.45, 2.75) is 0 Å². The van der Waals surface area contributed by atoms with E-state index < -0.39 is 0 Å². The highest BCUT2D eigenvalue weighted by Gasteiger charge is 2.16. The van der Waals surface area contributed by atoms with Crippen molar-refractivity contribution in [2.75, 3.05) is 5.73 Å². The van der Waals surface area contributed by atoms with Gasteiger partial charge >= 0.3 is 0 Å². The maximum absolute atomic E-state index is 5.95. The van der Waals surface area contributed by atoms with Crippen molar-refractivity contribution in [3.8, 4) is 22.1 Å². The molecule has 1 aromatic carbocycles. The third kappa shape index (κ3) is 1.95. The van der Waals surface area contributed by atoms with Crippen molar-refractivity contribution in [1.82, 2.24) is 24.8 Å². The lowest BCUT2D eigenvalue weighted by Gasteiger charge is -1.98. The fourth-order valence-electron chi connectivity index (χ4n) is 2.08. The number of aromatic nitrogens is 5. The van der Waals surface area contributed by atoms with Gasteiger partial charge in [0.1, 0.15) is 5.69 Å². The van der Waals surface area contributed by atoms with Crippen molar-refractivity contribution in [3.63, 3.8) is 0 Å². The predicted molar refractivity (Wildman–Crippen MR) is 81.7 cm³/mol. The average Bonchev–Trinajstić information content (AvgIpc) is 3.08. The summed E-state index contributed by atoms with van der Waals surface area (Å²) in [6, 6.07) is 13.4. The SMILES string of the molecule is Nc1cccnc1-c1nn2c(-c3ccccc3)nnc2s1. The summed E-state index contributed by atoms with van der Waals surface area (Å²) in [5.74, 6) is 0.711. The quantitative estimate of drug-likeness (QED) is 0.614. The van der Waals surface area contributed by atoms with Crippen LogP contribution in [0.2, 0.25) is 0 Å². The second kappa shape index (κ2) is 4.64. The molecule has 0 aliphatic heterocycles. The minimum absolute atomic E-state index is 0.601. The lowest BCUT2D eigenvalue weighted by atomic mass is 10.2. The fraction of sp³-hybridized carbons (Fsp3) is 0. The maximum Gasteiger partial charge on any atom is 0.235 e. The van der Waals surface area contributed by atoms with E-state index in [4.69, 9.17) is 5.73 Å². The second-order valence-corrected chi connectivity index (χ2v) is 5.39. The zero-order chi connectivity index (χ0) is 14.2. The molecule has 4 aromatic rings. The van der Waals surface area contributed by atoms with Crippen LogP contribution in [0.5, 0.6) is 0 Å². The molecular weight excluding hydrogens is 284 g/mol. The molecule has 0 radical (unpaired) electrons. The van der Waals surface area contributed by atoms with Crippen molar-refractivity contribution in [3.05, 3.63) is 48.7 Å². The van der Waals surface area contributed by atoms with Crippen LogP contribution < -0.4 is 5.73 Å². The summed E-state index contributed by atoms with van der Waals surface area (Å²) >= 11 is 1.42. The van der Waals surface area contributed by atoms with E-state index in [1.165, 1.54) is 11.3 Å². The van der Waals surface area contributed by atoms with E-state index >= 15 is 0 Å². The van der Waals surface area contributed by atoms with Gasteiger partial charge in [-0.2, -0.15) is 9.61 Å². The number of nitrogen functional groups attached to an aromatic ring is 1. The Labute approximate surface area is 123 Å². The maximum atomic E-state index is 5.95. The molecule has 0 unspecified atom stereocenters. The summed E-state index contributed by atoms with van der Waals surface area (Å²) in [5.41, 5.74) is 8.19. The molecule has 0 saturated carbocycles. The smallest absolute Gasteiger partial charge is 0.235 e. The average molecular weight is 294 g/mol. The lowest BCUT2D eigenvalue weighted by molar-refractivity contribution is 0.967. The molecular formula is C14H10N6S. The molecule has 0 aliphatic rings. The Morgan fingerprint density at radius 1 is 1.00 bits per heavy atom. The van der Waals surface area contributed by atoms with Gasteiger partial charge in [-0.25, -0.2) is 0 Å². The molecule has 7 heteroatoms. The zero-order valence-corrected chi connectivity index (χ0v) is 11.7. The first-order valence-electron chi connectivity index (χ1n) is 6.31. The third-order valence-electron chi connectivity index (χ3n) is 3.06. The first-order chi connectivity index (χ1) is 10.3. The van der Waals surface area contributed by atoms with E-state index in [1.807, 2.05) is 36.4 Å². The highest BCUT2D eigenvalue weighted by Crippen LogP contribution is 2.29. The highest BCUT2D eigenvalue weighted by molar-refractivity contribution is 7.19. The van der Waals surface area contributed by atoms with Crippen LogP contribution in [-0.4, -0.2) is 24.8 Å². The number of rotatable bonds is 2. The van der Waals surface area contributed by atoms with Gasteiger partial charge in [-0.05, 0) is 12.1 Å². The van der Waals surface area contributed by atoms with Crippen molar-refractivity contribution >= 4 is 22.0 Å².